The van der Waals surface area contributed by atoms with E-state index < -0.39 is 11.7 Å². The molecule has 0 saturated carbocycles. The molecule has 2 aromatic carbocycles. The first-order chi connectivity index (χ1) is 16.1. The number of nitrogens with zero attached hydrogens (tertiary/aromatic N) is 3. The zero-order valence-electron chi connectivity index (χ0n) is 18.3. The number of thiazole rings is 1. The molecule has 9 heteroatoms. The van der Waals surface area contributed by atoms with Gasteiger partial charge in [0.2, 0.25) is 0 Å². The number of benzene rings is 2. The van der Waals surface area contributed by atoms with Crippen LogP contribution >= 0.6 is 11.3 Å². The molecule has 0 aliphatic heterocycles. The smallest absolute Gasteiger partial charge is 0.375 e. The molecule has 0 unspecified atom stereocenters. The lowest BCUT2D eigenvalue weighted by Gasteiger charge is -2.13. The van der Waals surface area contributed by atoms with Gasteiger partial charge in [-0.2, -0.15) is 13.2 Å². The Labute approximate surface area is 198 Å². The number of aromatic nitrogens is 3. The number of carbonyl (C=O) groups excluding carboxylic acids is 1. The van der Waals surface area contributed by atoms with Gasteiger partial charge in [0, 0.05) is 29.4 Å². The highest BCUT2D eigenvalue weighted by molar-refractivity contribution is 7.15. The number of aryl methyl sites for hydroxylation is 2. The summed E-state index contributed by atoms with van der Waals surface area (Å²) in [4.78, 5) is 21.7. The second kappa shape index (κ2) is 9.15. The predicted molar refractivity (Wildman–Crippen MR) is 125 cm³/mol. The molecule has 0 spiro atoms. The largest absolute Gasteiger partial charge is 0.416 e. The van der Waals surface area contributed by atoms with Crippen LogP contribution in [0.2, 0.25) is 0 Å². The van der Waals surface area contributed by atoms with E-state index in [1.807, 2.05) is 6.92 Å². The molecule has 0 atom stereocenters. The average Bonchev–Trinajstić information content (AvgIpc) is 3.40. The first-order valence-electron chi connectivity index (χ1n) is 10.2. The van der Waals surface area contributed by atoms with Gasteiger partial charge in [-0.3, -0.25) is 4.79 Å². The maximum absolute atomic E-state index is 13.5. The van der Waals surface area contributed by atoms with Crippen LogP contribution in [0.25, 0.3) is 5.69 Å². The fourth-order valence-corrected chi connectivity index (χ4v) is 3.88. The fraction of sp³-hybridized carbons (Fsp3) is 0.160. The Balaban J connectivity index is 1.64. The van der Waals surface area contributed by atoms with Crippen molar-refractivity contribution in [2.75, 3.05) is 5.73 Å². The van der Waals surface area contributed by atoms with Crippen molar-refractivity contribution in [1.82, 2.24) is 14.5 Å². The lowest BCUT2D eigenvalue weighted by molar-refractivity contribution is -0.137. The van der Waals surface area contributed by atoms with Crippen LogP contribution in [0.1, 0.15) is 43.2 Å². The summed E-state index contributed by atoms with van der Waals surface area (Å²) in [6.45, 7) is 3.61. The number of halogens is 3. The molecule has 2 heterocycles. The quantitative estimate of drug-likeness (QED) is 0.315. The molecule has 34 heavy (non-hydrogen) atoms. The number of Topliss-reactive ketones (excluding diaryl/α,β-unsaturated/α-hetero) is 1. The van der Waals surface area contributed by atoms with E-state index in [1.165, 1.54) is 22.2 Å². The van der Waals surface area contributed by atoms with Crippen molar-refractivity contribution in [3.8, 4) is 17.5 Å². The van der Waals surface area contributed by atoms with Crippen molar-refractivity contribution in [1.29, 1.82) is 0 Å². The molecule has 4 aromatic rings. The third kappa shape index (κ3) is 5.35. The maximum Gasteiger partial charge on any atom is 0.416 e. The maximum atomic E-state index is 13.5. The fourth-order valence-electron chi connectivity index (χ4n) is 3.34. The highest BCUT2D eigenvalue weighted by Gasteiger charge is 2.31. The Kier molecular flexibility index (Phi) is 6.26. The number of alkyl halides is 3. The normalized spacial score (nSPS) is 11.2. The van der Waals surface area contributed by atoms with E-state index in [1.54, 1.807) is 43.6 Å². The van der Waals surface area contributed by atoms with Crippen molar-refractivity contribution in [3.63, 3.8) is 0 Å². The Bertz CT molecular complexity index is 1440. The zero-order valence-corrected chi connectivity index (χ0v) is 19.1. The molecule has 0 aliphatic rings. The third-order valence-electron chi connectivity index (χ3n) is 5.08. The molecule has 0 fully saturated rings. The van der Waals surface area contributed by atoms with Crippen molar-refractivity contribution >= 4 is 22.3 Å². The van der Waals surface area contributed by atoms with Crippen molar-refractivity contribution in [3.05, 3.63) is 93.5 Å². The van der Waals surface area contributed by atoms with Crippen LogP contribution in [0.3, 0.4) is 0 Å². The molecule has 2 aromatic heterocycles. The predicted octanol–water partition coefficient (Wildman–Crippen LogP) is 5.37. The molecular weight excluding hydrogens is 461 g/mol. The molecule has 0 aliphatic carbocycles. The lowest BCUT2D eigenvalue weighted by atomic mass is 9.97. The number of ketones is 1. The first kappa shape index (κ1) is 23.3. The number of carbonyl (C=O) groups is 1. The summed E-state index contributed by atoms with van der Waals surface area (Å²) in [6, 6.07) is 8.70. The summed E-state index contributed by atoms with van der Waals surface area (Å²) in [5.41, 5.74) is 7.91. The van der Waals surface area contributed by atoms with Gasteiger partial charge in [-0.05, 0) is 55.2 Å². The highest BCUT2D eigenvalue weighted by Crippen LogP contribution is 2.32. The summed E-state index contributed by atoms with van der Waals surface area (Å²) >= 11 is 1.26. The molecule has 0 saturated heterocycles. The number of rotatable bonds is 4. The van der Waals surface area contributed by atoms with Crippen molar-refractivity contribution < 1.29 is 18.0 Å². The van der Waals surface area contributed by atoms with Crippen LogP contribution in [-0.4, -0.2) is 20.3 Å². The van der Waals surface area contributed by atoms with Gasteiger partial charge in [-0.15, -0.1) is 0 Å². The van der Waals surface area contributed by atoms with Gasteiger partial charge in [-0.1, -0.05) is 29.4 Å². The summed E-state index contributed by atoms with van der Waals surface area (Å²) in [5, 5.41) is 0.413. The van der Waals surface area contributed by atoms with Crippen LogP contribution in [0.4, 0.5) is 18.3 Å². The Morgan fingerprint density at radius 3 is 2.56 bits per heavy atom. The minimum atomic E-state index is -4.55. The summed E-state index contributed by atoms with van der Waals surface area (Å²) < 4.78 is 42.1. The topological polar surface area (TPSA) is 73.8 Å². The highest BCUT2D eigenvalue weighted by atomic mass is 32.1. The van der Waals surface area contributed by atoms with Crippen molar-refractivity contribution in [2.45, 2.75) is 26.4 Å². The van der Waals surface area contributed by atoms with Crippen LogP contribution < -0.4 is 5.73 Å². The van der Waals surface area contributed by atoms with E-state index >= 15 is 0 Å². The molecular formula is C25H19F3N4OS. The van der Waals surface area contributed by atoms with E-state index in [4.69, 9.17) is 5.73 Å². The average molecular weight is 481 g/mol. The van der Waals surface area contributed by atoms with Gasteiger partial charge in [0.05, 0.1) is 28.7 Å². The first-order valence-corrected chi connectivity index (χ1v) is 11.0. The summed E-state index contributed by atoms with van der Waals surface area (Å²) in [5.74, 6) is 5.68. The van der Waals surface area contributed by atoms with Crippen LogP contribution in [0, 0.1) is 25.7 Å². The van der Waals surface area contributed by atoms with E-state index in [9.17, 15) is 18.0 Å². The minimum absolute atomic E-state index is 0.189. The Hall–Kier alpha value is -3.90. The molecule has 2 N–H and O–H groups in total. The summed E-state index contributed by atoms with van der Waals surface area (Å²) in [6.07, 6.45) is -0.0901. The van der Waals surface area contributed by atoms with Gasteiger partial charge in [0.1, 0.15) is 0 Å². The second-order valence-corrected chi connectivity index (χ2v) is 8.81. The number of imidazole rings is 1. The number of nitrogens with two attached hydrogens (primary N) is 1. The van der Waals surface area contributed by atoms with Crippen LogP contribution in [-0.2, 0) is 12.6 Å². The molecule has 4 rings (SSSR count). The SMILES string of the molecule is Cc1cn(-c2cc(CC(=O)c3ccc(C)c(C#Cc4cnc(N)s4)c3)cc(C(F)(F)F)c2)cn1. The van der Waals surface area contributed by atoms with Gasteiger partial charge >= 0.3 is 6.18 Å². The molecule has 5 nitrogen and oxygen atoms in total. The molecule has 0 radical (unpaired) electrons. The summed E-state index contributed by atoms with van der Waals surface area (Å²) in [7, 11) is 0. The number of anilines is 1. The standard InChI is InChI=1S/C25H19F3N4OS/c1-15-3-4-19(10-18(15)5-6-22-12-30-24(29)34-22)23(33)9-17-7-20(25(26,27)28)11-21(8-17)32-13-16(2)31-14-32/h3-4,7-8,10-14H,9H2,1-2H3,(H2,29,30). The van der Waals surface area contributed by atoms with Crippen LogP contribution in [0.5, 0.6) is 0 Å². The Morgan fingerprint density at radius 1 is 1.12 bits per heavy atom. The monoisotopic (exact) mass is 480 g/mol. The molecule has 0 bridgehead atoms. The van der Waals surface area contributed by atoms with E-state index in [0.717, 1.165) is 17.7 Å². The second-order valence-electron chi connectivity index (χ2n) is 7.75. The molecule has 172 valence electrons. The lowest BCUT2D eigenvalue weighted by Crippen LogP contribution is -2.10. The van der Waals surface area contributed by atoms with Crippen molar-refractivity contribution in [2.24, 2.45) is 0 Å². The van der Waals surface area contributed by atoms with E-state index in [-0.39, 0.29) is 23.5 Å². The van der Waals surface area contributed by atoms with E-state index in [0.29, 0.717) is 26.8 Å². The Morgan fingerprint density at radius 2 is 1.91 bits per heavy atom. The van der Waals surface area contributed by atoms with E-state index in [2.05, 4.69) is 21.8 Å². The number of hydrogen-bond donors (Lipinski definition) is 1. The zero-order chi connectivity index (χ0) is 24.5. The van der Waals surface area contributed by atoms with Crippen LogP contribution in [0.15, 0.2) is 55.1 Å². The molecule has 0 amide bonds. The van der Waals surface area contributed by atoms with Gasteiger partial charge in [0.25, 0.3) is 0 Å². The van der Waals surface area contributed by atoms with Gasteiger partial charge in [-0.25, -0.2) is 9.97 Å². The van der Waals surface area contributed by atoms with Gasteiger partial charge < -0.3 is 10.3 Å². The number of nitrogen functional groups attached to an aromatic ring is 1. The number of hydrogen-bond acceptors (Lipinski definition) is 5. The minimum Gasteiger partial charge on any atom is -0.375 e. The third-order valence-corrected chi connectivity index (χ3v) is 5.82. The van der Waals surface area contributed by atoms with Gasteiger partial charge in [0.15, 0.2) is 10.9 Å².